The molecule has 1 aliphatic rings. The predicted octanol–water partition coefficient (Wildman–Crippen LogP) is 2.25. The molecule has 1 fully saturated rings. The topological polar surface area (TPSA) is 35.5 Å². The molecule has 2 unspecified atom stereocenters. The summed E-state index contributed by atoms with van der Waals surface area (Å²) < 4.78 is 0. The van der Waals surface area contributed by atoms with E-state index in [-0.39, 0.29) is 6.10 Å². The molecular formula is C15H32N2O. The van der Waals surface area contributed by atoms with Crippen molar-refractivity contribution in [2.24, 2.45) is 5.92 Å². The summed E-state index contributed by atoms with van der Waals surface area (Å²) in [5.41, 5.74) is 0. The molecule has 1 rings (SSSR count). The highest BCUT2D eigenvalue weighted by Gasteiger charge is 2.17. The molecule has 0 bridgehead atoms. The van der Waals surface area contributed by atoms with Gasteiger partial charge < -0.3 is 15.3 Å². The fraction of sp³-hybridized carbons (Fsp3) is 1.00. The Hall–Kier alpha value is -0.120. The highest BCUT2D eigenvalue weighted by Crippen LogP contribution is 2.12. The van der Waals surface area contributed by atoms with Crippen LogP contribution in [0.4, 0.5) is 0 Å². The van der Waals surface area contributed by atoms with E-state index in [2.05, 4.69) is 31.0 Å². The van der Waals surface area contributed by atoms with Crippen LogP contribution < -0.4 is 5.32 Å². The molecule has 0 aromatic carbocycles. The molecule has 0 amide bonds. The molecule has 2 N–H and O–H groups in total. The monoisotopic (exact) mass is 256 g/mol. The number of likely N-dealkylation sites (tertiary alicyclic amines) is 1. The van der Waals surface area contributed by atoms with Crippen LogP contribution in [0, 0.1) is 5.92 Å². The first kappa shape index (κ1) is 15.9. The van der Waals surface area contributed by atoms with Crippen molar-refractivity contribution in [3.8, 4) is 0 Å². The Bertz CT molecular complexity index is 209. The summed E-state index contributed by atoms with van der Waals surface area (Å²) in [5, 5.41) is 13.4. The molecule has 0 aromatic heterocycles. The van der Waals surface area contributed by atoms with Crippen molar-refractivity contribution in [2.45, 2.75) is 65.0 Å². The van der Waals surface area contributed by atoms with E-state index in [1.54, 1.807) is 0 Å². The van der Waals surface area contributed by atoms with E-state index in [1.807, 2.05) is 0 Å². The van der Waals surface area contributed by atoms with Crippen LogP contribution in [0.5, 0.6) is 0 Å². The van der Waals surface area contributed by atoms with Crippen LogP contribution in [0.15, 0.2) is 0 Å². The quantitative estimate of drug-likeness (QED) is 0.733. The van der Waals surface area contributed by atoms with Gasteiger partial charge in [-0.05, 0) is 57.7 Å². The van der Waals surface area contributed by atoms with E-state index in [1.165, 1.54) is 45.3 Å². The summed E-state index contributed by atoms with van der Waals surface area (Å²) in [6.45, 7) is 11.0. The van der Waals surface area contributed by atoms with Crippen molar-refractivity contribution < 1.29 is 5.11 Å². The Kier molecular flexibility index (Phi) is 7.87. The summed E-state index contributed by atoms with van der Waals surface area (Å²) >= 11 is 0. The molecule has 0 radical (unpaired) electrons. The maximum absolute atomic E-state index is 9.88. The lowest BCUT2D eigenvalue weighted by Gasteiger charge is -2.21. The molecule has 0 aliphatic carbocycles. The van der Waals surface area contributed by atoms with E-state index in [0.29, 0.717) is 12.0 Å². The van der Waals surface area contributed by atoms with E-state index in [0.717, 1.165) is 13.0 Å². The zero-order valence-corrected chi connectivity index (χ0v) is 12.5. The smallest absolute Gasteiger partial charge is 0.0667 e. The Morgan fingerprint density at radius 3 is 2.72 bits per heavy atom. The highest BCUT2D eigenvalue weighted by molar-refractivity contribution is 4.76. The Morgan fingerprint density at radius 1 is 1.28 bits per heavy atom. The number of aliphatic hydroxyl groups is 1. The summed E-state index contributed by atoms with van der Waals surface area (Å²) in [6.07, 6.45) is 5.76. The van der Waals surface area contributed by atoms with Gasteiger partial charge in [-0.3, -0.25) is 0 Å². The van der Waals surface area contributed by atoms with Crippen LogP contribution >= 0.6 is 0 Å². The molecule has 1 heterocycles. The first-order valence-electron chi connectivity index (χ1n) is 7.75. The average Bonchev–Trinajstić information content (AvgIpc) is 2.52. The summed E-state index contributed by atoms with van der Waals surface area (Å²) in [5.74, 6) is 0.580. The third-order valence-electron chi connectivity index (χ3n) is 3.75. The summed E-state index contributed by atoms with van der Waals surface area (Å²) in [6, 6.07) is 0.605. The van der Waals surface area contributed by atoms with E-state index in [9.17, 15) is 5.11 Å². The number of rotatable bonds is 7. The molecule has 1 saturated heterocycles. The standard InChI is InChI=1S/C15H32N2O/c1-4-8-17-9-5-6-14(7-10-17)16-12-15(18)11-13(2)3/h13-16,18H,4-12H2,1-3H3. The van der Waals surface area contributed by atoms with Crippen LogP contribution in [0.25, 0.3) is 0 Å². The second-order valence-electron chi connectivity index (χ2n) is 6.16. The van der Waals surface area contributed by atoms with Crippen LogP contribution in [-0.2, 0) is 0 Å². The first-order valence-corrected chi connectivity index (χ1v) is 7.75. The van der Waals surface area contributed by atoms with Gasteiger partial charge in [0, 0.05) is 12.6 Å². The minimum Gasteiger partial charge on any atom is -0.392 e. The Morgan fingerprint density at radius 2 is 2.06 bits per heavy atom. The van der Waals surface area contributed by atoms with Crippen molar-refractivity contribution in [1.29, 1.82) is 0 Å². The van der Waals surface area contributed by atoms with E-state index < -0.39 is 0 Å². The van der Waals surface area contributed by atoms with Gasteiger partial charge in [-0.25, -0.2) is 0 Å². The number of hydrogen-bond acceptors (Lipinski definition) is 3. The fourth-order valence-corrected chi connectivity index (χ4v) is 2.83. The molecule has 2 atom stereocenters. The van der Waals surface area contributed by atoms with Crippen molar-refractivity contribution in [3.63, 3.8) is 0 Å². The minimum atomic E-state index is -0.181. The molecule has 0 spiro atoms. The van der Waals surface area contributed by atoms with Crippen molar-refractivity contribution in [2.75, 3.05) is 26.2 Å². The van der Waals surface area contributed by atoms with Crippen LogP contribution in [-0.4, -0.2) is 48.3 Å². The minimum absolute atomic E-state index is 0.181. The third kappa shape index (κ3) is 6.72. The first-order chi connectivity index (χ1) is 8.61. The Labute approximate surface area is 113 Å². The zero-order chi connectivity index (χ0) is 13.4. The molecular weight excluding hydrogens is 224 g/mol. The van der Waals surface area contributed by atoms with Gasteiger partial charge in [0.1, 0.15) is 0 Å². The average molecular weight is 256 g/mol. The number of nitrogens with zero attached hydrogens (tertiary/aromatic N) is 1. The van der Waals surface area contributed by atoms with Gasteiger partial charge in [0.05, 0.1) is 6.10 Å². The van der Waals surface area contributed by atoms with Gasteiger partial charge in [-0.2, -0.15) is 0 Å². The molecule has 1 aliphatic heterocycles. The SMILES string of the molecule is CCCN1CCCC(NCC(O)CC(C)C)CC1. The van der Waals surface area contributed by atoms with E-state index in [4.69, 9.17) is 0 Å². The second kappa shape index (κ2) is 8.89. The molecule has 3 heteroatoms. The van der Waals surface area contributed by atoms with Crippen molar-refractivity contribution >= 4 is 0 Å². The highest BCUT2D eigenvalue weighted by atomic mass is 16.3. The lowest BCUT2D eigenvalue weighted by atomic mass is 10.0. The van der Waals surface area contributed by atoms with E-state index >= 15 is 0 Å². The number of nitrogens with one attached hydrogen (secondary N) is 1. The van der Waals surface area contributed by atoms with Crippen molar-refractivity contribution in [3.05, 3.63) is 0 Å². The lowest BCUT2D eigenvalue weighted by molar-refractivity contribution is 0.141. The van der Waals surface area contributed by atoms with Gasteiger partial charge in [0.2, 0.25) is 0 Å². The maximum atomic E-state index is 9.88. The predicted molar refractivity (Wildman–Crippen MR) is 77.8 cm³/mol. The summed E-state index contributed by atoms with van der Waals surface area (Å²) in [4.78, 5) is 2.58. The number of aliphatic hydroxyl groups excluding tert-OH is 1. The summed E-state index contributed by atoms with van der Waals surface area (Å²) in [7, 11) is 0. The largest absolute Gasteiger partial charge is 0.392 e. The maximum Gasteiger partial charge on any atom is 0.0667 e. The van der Waals surface area contributed by atoms with Gasteiger partial charge in [-0.15, -0.1) is 0 Å². The van der Waals surface area contributed by atoms with Gasteiger partial charge in [0.15, 0.2) is 0 Å². The molecule has 0 saturated carbocycles. The number of hydrogen-bond donors (Lipinski definition) is 2. The molecule has 3 nitrogen and oxygen atoms in total. The van der Waals surface area contributed by atoms with Gasteiger partial charge in [0.25, 0.3) is 0 Å². The van der Waals surface area contributed by atoms with Crippen LogP contribution in [0.3, 0.4) is 0 Å². The zero-order valence-electron chi connectivity index (χ0n) is 12.5. The van der Waals surface area contributed by atoms with Crippen LogP contribution in [0.1, 0.15) is 52.9 Å². The van der Waals surface area contributed by atoms with Gasteiger partial charge in [-0.1, -0.05) is 20.8 Å². The van der Waals surface area contributed by atoms with Gasteiger partial charge >= 0.3 is 0 Å². The van der Waals surface area contributed by atoms with Crippen LogP contribution in [0.2, 0.25) is 0 Å². The fourth-order valence-electron chi connectivity index (χ4n) is 2.83. The molecule has 108 valence electrons. The second-order valence-corrected chi connectivity index (χ2v) is 6.16. The Balaban J connectivity index is 2.19. The lowest BCUT2D eigenvalue weighted by Crippen LogP contribution is -2.37. The third-order valence-corrected chi connectivity index (χ3v) is 3.75. The van der Waals surface area contributed by atoms with Crippen molar-refractivity contribution in [1.82, 2.24) is 10.2 Å². The molecule has 18 heavy (non-hydrogen) atoms. The normalized spacial score (nSPS) is 24.2. The molecule has 0 aromatic rings.